The summed E-state index contributed by atoms with van der Waals surface area (Å²) in [5, 5.41) is 13.9. The van der Waals surface area contributed by atoms with E-state index in [0.29, 0.717) is 17.4 Å². The zero-order valence-corrected chi connectivity index (χ0v) is 46.7. The van der Waals surface area contributed by atoms with Crippen molar-refractivity contribution in [2.24, 2.45) is 0 Å². The molecule has 402 valence electrons. The van der Waals surface area contributed by atoms with E-state index < -0.39 is 20.0 Å². The normalized spacial score (nSPS) is 14.5. The second-order valence-electron chi connectivity index (χ2n) is 20.6. The summed E-state index contributed by atoms with van der Waals surface area (Å²) < 4.78 is 23.7. The molecule has 0 aliphatic rings. The number of hydrogen-bond donors (Lipinski definition) is 3. The van der Waals surface area contributed by atoms with Crippen LogP contribution in [0.2, 0.25) is 0 Å². The van der Waals surface area contributed by atoms with Gasteiger partial charge in [0.05, 0.1) is 39.9 Å². The molecule has 3 N–H and O–H groups in total. The fourth-order valence-electron chi connectivity index (χ4n) is 8.08. The second-order valence-corrected chi connectivity index (χ2v) is 22.1. The molecular weight excluding hydrogens is 876 g/mol. The van der Waals surface area contributed by atoms with Crippen molar-refractivity contribution in [2.75, 3.05) is 40.9 Å². The molecule has 0 heterocycles. The topological polar surface area (TPSA) is 105 Å². The molecule has 3 atom stereocenters. The third-order valence-electron chi connectivity index (χ3n) is 12.6. The number of quaternary nitrogens is 1. The first-order valence-electron chi connectivity index (χ1n) is 28.8. The molecule has 9 heteroatoms. The molecule has 8 nitrogen and oxygen atoms in total. The number of carbonyl (C=O) groups is 1. The number of nitrogens with one attached hydrogen (secondary N) is 1. The molecule has 0 aromatic carbocycles. The summed E-state index contributed by atoms with van der Waals surface area (Å²) in [6.45, 7) is 4.77. The van der Waals surface area contributed by atoms with Crippen LogP contribution in [0.5, 0.6) is 0 Å². The van der Waals surface area contributed by atoms with Crippen molar-refractivity contribution in [1.29, 1.82) is 0 Å². The Bertz CT molecular complexity index is 1350. The minimum atomic E-state index is -4.36. The minimum absolute atomic E-state index is 0.0517. The zero-order chi connectivity index (χ0) is 50.6. The van der Waals surface area contributed by atoms with Gasteiger partial charge >= 0.3 is 7.82 Å². The van der Waals surface area contributed by atoms with Crippen LogP contribution in [-0.2, 0) is 18.4 Å². The molecule has 0 bridgehead atoms. The van der Waals surface area contributed by atoms with Gasteiger partial charge < -0.3 is 19.8 Å². The number of phosphoric acid groups is 1. The van der Waals surface area contributed by atoms with Crippen LogP contribution in [0.4, 0.5) is 0 Å². The van der Waals surface area contributed by atoms with Crippen molar-refractivity contribution in [1.82, 2.24) is 5.32 Å². The minimum Gasteiger partial charge on any atom is -0.387 e. The summed E-state index contributed by atoms with van der Waals surface area (Å²) in [6.07, 6.45) is 70.1. The highest BCUT2D eigenvalue weighted by atomic mass is 31.2. The highest BCUT2D eigenvalue weighted by molar-refractivity contribution is 7.47. The molecule has 0 aromatic rings. The number of aliphatic hydroxyl groups excluding tert-OH is 1. The third kappa shape index (κ3) is 53.6. The van der Waals surface area contributed by atoms with Crippen molar-refractivity contribution in [2.45, 2.75) is 264 Å². The van der Waals surface area contributed by atoms with E-state index in [1.165, 1.54) is 173 Å². The Morgan fingerprint density at radius 1 is 0.493 bits per heavy atom. The average molecular weight is 989 g/mol. The highest BCUT2D eigenvalue weighted by Crippen LogP contribution is 2.43. The number of likely N-dealkylation sites (N-methyl/N-ethyl adjacent to an activating group) is 1. The Hall–Kier alpha value is -2.06. The molecule has 0 spiro atoms. The van der Waals surface area contributed by atoms with Gasteiger partial charge in [-0.1, -0.05) is 234 Å². The van der Waals surface area contributed by atoms with Crippen molar-refractivity contribution >= 4 is 13.7 Å². The first-order valence-corrected chi connectivity index (χ1v) is 30.3. The molecular formula is C60H112N2O6P+. The number of phosphoric ester groups is 1. The number of carbonyl (C=O) groups excluding carboxylic acids is 1. The number of rotatable bonds is 52. The molecule has 3 unspecified atom stereocenters. The Morgan fingerprint density at radius 3 is 1.26 bits per heavy atom. The van der Waals surface area contributed by atoms with Crippen LogP contribution in [0.1, 0.15) is 251 Å². The van der Waals surface area contributed by atoms with Gasteiger partial charge in [0.2, 0.25) is 5.91 Å². The van der Waals surface area contributed by atoms with E-state index in [4.69, 9.17) is 9.05 Å². The van der Waals surface area contributed by atoms with Gasteiger partial charge in [-0.3, -0.25) is 13.8 Å². The van der Waals surface area contributed by atoms with E-state index in [2.05, 4.69) is 79.9 Å². The maximum Gasteiger partial charge on any atom is 0.472 e. The quantitative estimate of drug-likeness (QED) is 0.0243. The van der Waals surface area contributed by atoms with Crippen LogP contribution < -0.4 is 5.32 Å². The monoisotopic (exact) mass is 988 g/mol. The van der Waals surface area contributed by atoms with Crippen LogP contribution in [0, 0.1) is 0 Å². The summed E-state index contributed by atoms with van der Waals surface area (Å²) in [5.74, 6) is -0.192. The molecule has 0 rings (SSSR count). The Labute approximate surface area is 427 Å². The predicted molar refractivity (Wildman–Crippen MR) is 300 cm³/mol. The van der Waals surface area contributed by atoms with Gasteiger partial charge in [-0.05, 0) is 83.5 Å². The fourth-order valence-corrected chi connectivity index (χ4v) is 8.82. The van der Waals surface area contributed by atoms with Gasteiger partial charge in [-0.15, -0.1) is 0 Å². The standard InChI is InChI=1S/C60H111N2O6P/c1-6-8-10-12-14-16-18-20-22-24-25-26-27-28-29-30-31-32-33-34-35-36-37-38-40-42-44-46-48-50-52-54-60(64)61-58(57-68-69(65,66)67-56-55-62(3,4)5)59(63)53-51-49-47-45-43-41-39-23-21-19-17-15-13-11-9-7-2/h18,20-21,23-25,27-28,43,45,51,53,58-59,63H,6-17,19,22,26,29-42,44,46-50,52,54-57H2,1-5H3,(H-,61,64,65,66)/p+1/b20-18-,23-21+,25-24-,28-27-,45-43+,53-51+. The zero-order valence-electron chi connectivity index (χ0n) is 45.8. The lowest BCUT2D eigenvalue weighted by molar-refractivity contribution is -0.870. The number of unbranched alkanes of at least 4 members (excludes halogenated alkanes) is 29. The number of amides is 1. The molecule has 69 heavy (non-hydrogen) atoms. The van der Waals surface area contributed by atoms with Gasteiger partial charge in [-0.25, -0.2) is 4.57 Å². The van der Waals surface area contributed by atoms with E-state index in [1.54, 1.807) is 6.08 Å². The van der Waals surface area contributed by atoms with Crippen LogP contribution in [0.25, 0.3) is 0 Å². The molecule has 0 saturated carbocycles. The highest BCUT2D eigenvalue weighted by Gasteiger charge is 2.27. The average Bonchev–Trinajstić information content (AvgIpc) is 3.31. The van der Waals surface area contributed by atoms with Gasteiger partial charge in [0, 0.05) is 6.42 Å². The largest absolute Gasteiger partial charge is 0.472 e. The lowest BCUT2D eigenvalue weighted by Crippen LogP contribution is -2.45. The number of nitrogens with zero attached hydrogens (tertiary/aromatic N) is 1. The molecule has 0 aliphatic heterocycles. The Balaban J connectivity index is 4.16. The lowest BCUT2D eigenvalue weighted by atomic mass is 10.0. The second kappa shape index (κ2) is 50.9. The fraction of sp³-hybridized carbons (Fsp3) is 0.783. The predicted octanol–water partition coefficient (Wildman–Crippen LogP) is 17.5. The Morgan fingerprint density at radius 2 is 0.841 bits per heavy atom. The summed E-state index contributed by atoms with van der Waals surface area (Å²) >= 11 is 0. The summed E-state index contributed by atoms with van der Waals surface area (Å²) in [7, 11) is 1.54. The van der Waals surface area contributed by atoms with Crippen molar-refractivity contribution in [3.05, 3.63) is 72.9 Å². The smallest absolute Gasteiger partial charge is 0.387 e. The van der Waals surface area contributed by atoms with E-state index in [-0.39, 0.29) is 19.1 Å². The number of allylic oxidation sites excluding steroid dienone is 11. The van der Waals surface area contributed by atoms with E-state index in [0.717, 1.165) is 57.8 Å². The SMILES string of the molecule is CCCCCCC/C=C\C/C=C\C/C=C\CCCCCCCCCCCCCCCCCCC(=O)NC(COP(=O)(O)OCC[N+](C)(C)C)C(O)/C=C/CC/C=C/CC/C=C/CCCCCCCC. The number of aliphatic hydroxyl groups is 1. The third-order valence-corrected chi connectivity index (χ3v) is 13.6. The Kier molecular flexibility index (Phi) is 49.3. The van der Waals surface area contributed by atoms with Crippen molar-refractivity contribution in [3.63, 3.8) is 0 Å². The summed E-state index contributed by atoms with van der Waals surface area (Å²) in [4.78, 5) is 23.3. The van der Waals surface area contributed by atoms with Crippen molar-refractivity contribution in [3.8, 4) is 0 Å². The van der Waals surface area contributed by atoms with Crippen LogP contribution >= 0.6 is 7.82 Å². The van der Waals surface area contributed by atoms with E-state index in [1.807, 2.05) is 27.2 Å². The van der Waals surface area contributed by atoms with Crippen molar-refractivity contribution < 1.29 is 32.9 Å². The van der Waals surface area contributed by atoms with Crippen LogP contribution in [0.15, 0.2) is 72.9 Å². The molecule has 0 radical (unpaired) electrons. The van der Waals surface area contributed by atoms with Crippen LogP contribution in [0.3, 0.4) is 0 Å². The lowest BCUT2D eigenvalue weighted by Gasteiger charge is -2.25. The summed E-state index contributed by atoms with van der Waals surface area (Å²) in [6, 6.07) is -0.872. The van der Waals surface area contributed by atoms with E-state index in [9.17, 15) is 19.4 Å². The van der Waals surface area contributed by atoms with Crippen LogP contribution in [-0.4, -0.2) is 73.4 Å². The molecule has 1 amide bonds. The molecule has 0 aromatic heterocycles. The summed E-state index contributed by atoms with van der Waals surface area (Å²) in [5.41, 5.74) is 0. The van der Waals surface area contributed by atoms with Gasteiger partial charge in [0.15, 0.2) is 0 Å². The maximum atomic E-state index is 13.0. The molecule has 0 fully saturated rings. The maximum absolute atomic E-state index is 13.0. The molecule has 0 aliphatic carbocycles. The first kappa shape index (κ1) is 66.9. The molecule has 0 saturated heterocycles. The number of hydrogen-bond acceptors (Lipinski definition) is 5. The first-order chi connectivity index (χ1) is 33.5. The van der Waals surface area contributed by atoms with Gasteiger partial charge in [0.25, 0.3) is 0 Å². The van der Waals surface area contributed by atoms with Gasteiger partial charge in [-0.2, -0.15) is 0 Å². The van der Waals surface area contributed by atoms with Gasteiger partial charge in [0.1, 0.15) is 13.2 Å². The van der Waals surface area contributed by atoms with E-state index >= 15 is 0 Å².